The molecule has 0 saturated heterocycles. The summed E-state index contributed by atoms with van der Waals surface area (Å²) in [4.78, 5) is 4.30. The van der Waals surface area contributed by atoms with Crippen LogP contribution < -0.4 is 5.73 Å². The fourth-order valence-corrected chi connectivity index (χ4v) is 1.22. The smallest absolute Gasteiger partial charge is 0.226 e. The van der Waals surface area contributed by atoms with Gasteiger partial charge in [-0.15, -0.1) is 0 Å². The zero-order chi connectivity index (χ0) is 11.4. The molecule has 1 heterocycles. The first-order chi connectivity index (χ1) is 7.00. The second kappa shape index (κ2) is 5.26. The molecule has 86 valence electrons. The lowest BCUT2D eigenvalue weighted by Crippen LogP contribution is -2.18. The van der Waals surface area contributed by atoms with Gasteiger partial charge in [0.15, 0.2) is 5.82 Å². The third-order valence-electron chi connectivity index (χ3n) is 2.44. The first-order valence-electron chi connectivity index (χ1n) is 5.58. The van der Waals surface area contributed by atoms with Gasteiger partial charge in [0.2, 0.25) is 5.89 Å². The molecule has 0 radical (unpaired) electrons. The summed E-state index contributed by atoms with van der Waals surface area (Å²) in [6.45, 7) is 8.46. The highest BCUT2D eigenvalue weighted by atomic mass is 16.5. The number of hydrogen-bond acceptors (Lipinski definition) is 4. The molecule has 1 unspecified atom stereocenters. The summed E-state index contributed by atoms with van der Waals surface area (Å²) < 4.78 is 5.15. The van der Waals surface area contributed by atoms with E-state index in [-0.39, 0.29) is 6.04 Å². The molecule has 1 atom stereocenters. The average Bonchev–Trinajstić information content (AvgIpc) is 2.61. The first-order valence-corrected chi connectivity index (χ1v) is 5.58. The van der Waals surface area contributed by atoms with Crippen molar-refractivity contribution >= 4 is 0 Å². The maximum atomic E-state index is 5.92. The molecule has 0 aliphatic rings. The molecule has 4 nitrogen and oxygen atoms in total. The molecule has 0 fully saturated rings. The van der Waals surface area contributed by atoms with Gasteiger partial charge in [0.1, 0.15) is 0 Å². The Bertz CT molecular complexity index is 294. The molecule has 2 N–H and O–H groups in total. The van der Waals surface area contributed by atoms with Crippen molar-refractivity contribution in [3.05, 3.63) is 11.7 Å². The van der Waals surface area contributed by atoms with Gasteiger partial charge in [-0.3, -0.25) is 0 Å². The molecule has 1 aromatic heterocycles. The number of nitrogens with two attached hydrogens (primary N) is 1. The van der Waals surface area contributed by atoms with Crippen LogP contribution in [0.4, 0.5) is 0 Å². The minimum Gasteiger partial charge on any atom is -0.339 e. The normalized spacial score (nSPS) is 13.8. The van der Waals surface area contributed by atoms with E-state index in [0.717, 1.165) is 12.8 Å². The minimum absolute atomic E-state index is 0.124. The Hall–Kier alpha value is -0.900. The molecule has 4 heteroatoms. The van der Waals surface area contributed by atoms with Crippen LogP contribution in [0.25, 0.3) is 0 Å². The summed E-state index contributed by atoms with van der Waals surface area (Å²) in [5.41, 5.74) is 5.92. The largest absolute Gasteiger partial charge is 0.339 e. The van der Waals surface area contributed by atoms with Crippen LogP contribution in [0, 0.1) is 11.8 Å². The van der Waals surface area contributed by atoms with Crippen LogP contribution in [0.3, 0.4) is 0 Å². The van der Waals surface area contributed by atoms with Crippen LogP contribution in [0.5, 0.6) is 0 Å². The van der Waals surface area contributed by atoms with Crippen molar-refractivity contribution in [3.63, 3.8) is 0 Å². The Morgan fingerprint density at radius 3 is 2.47 bits per heavy atom. The molecule has 1 rings (SSSR count). The first kappa shape index (κ1) is 12.2. The van der Waals surface area contributed by atoms with Crippen molar-refractivity contribution in [1.82, 2.24) is 10.1 Å². The van der Waals surface area contributed by atoms with E-state index in [4.69, 9.17) is 10.3 Å². The monoisotopic (exact) mass is 211 g/mol. The van der Waals surface area contributed by atoms with Crippen LogP contribution in [-0.2, 0) is 6.42 Å². The second-order valence-corrected chi connectivity index (χ2v) is 4.75. The van der Waals surface area contributed by atoms with Crippen molar-refractivity contribution < 1.29 is 4.52 Å². The summed E-state index contributed by atoms with van der Waals surface area (Å²) in [5, 5.41) is 3.90. The summed E-state index contributed by atoms with van der Waals surface area (Å²) >= 11 is 0. The minimum atomic E-state index is -0.124. The van der Waals surface area contributed by atoms with E-state index in [1.807, 2.05) is 0 Å². The summed E-state index contributed by atoms with van der Waals surface area (Å²) in [6.07, 6.45) is 1.91. The van der Waals surface area contributed by atoms with Gasteiger partial charge in [0.25, 0.3) is 0 Å². The SMILES string of the molecule is CC(C)CCc1nc(C(N)C(C)C)no1. The average molecular weight is 211 g/mol. The zero-order valence-corrected chi connectivity index (χ0v) is 10.0. The predicted molar refractivity (Wildman–Crippen MR) is 59.2 cm³/mol. The predicted octanol–water partition coefficient (Wildman–Crippen LogP) is 2.31. The van der Waals surface area contributed by atoms with Gasteiger partial charge in [-0.05, 0) is 18.3 Å². The summed E-state index contributed by atoms with van der Waals surface area (Å²) in [5.74, 6) is 2.32. The van der Waals surface area contributed by atoms with E-state index in [0.29, 0.717) is 23.6 Å². The fraction of sp³-hybridized carbons (Fsp3) is 0.818. The molecular weight excluding hydrogens is 190 g/mol. The van der Waals surface area contributed by atoms with Crippen molar-refractivity contribution in [2.75, 3.05) is 0 Å². The third-order valence-corrected chi connectivity index (χ3v) is 2.44. The summed E-state index contributed by atoms with van der Waals surface area (Å²) in [6, 6.07) is -0.124. The Kier molecular flexibility index (Phi) is 4.27. The van der Waals surface area contributed by atoms with Crippen LogP contribution in [0.1, 0.15) is 51.9 Å². The highest BCUT2D eigenvalue weighted by Gasteiger charge is 2.17. The van der Waals surface area contributed by atoms with Gasteiger partial charge in [-0.2, -0.15) is 4.98 Å². The van der Waals surface area contributed by atoms with Gasteiger partial charge in [-0.25, -0.2) is 0 Å². The Morgan fingerprint density at radius 2 is 1.93 bits per heavy atom. The molecule has 15 heavy (non-hydrogen) atoms. The number of aromatic nitrogens is 2. The Morgan fingerprint density at radius 1 is 1.27 bits per heavy atom. The maximum absolute atomic E-state index is 5.92. The third kappa shape index (κ3) is 3.63. The fourth-order valence-electron chi connectivity index (χ4n) is 1.22. The Balaban J connectivity index is 2.56. The number of hydrogen-bond donors (Lipinski definition) is 1. The van der Waals surface area contributed by atoms with Gasteiger partial charge in [0, 0.05) is 6.42 Å². The van der Waals surface area contributed by atoms with Gasteiger partial charge >= 0.3 is 0 Å². The van der Waals surface area contributed by atoms with Crippen LogP contribution in [0.15, 0.2) is 4.52 Å². The van der Waals surface area contributed by atoms with E-state index >= 15 is 0 Å². The molecule has 1 aromatic rings. The van der Waals surface area contributed by atoms with Crippen molar-refractivity contribution in [1.29, 1.82) is 0 Å². The molecule has 0 aliphatic carbocycles. The second-order valence-electron chi connectivity index (χ2n) is 4.75. The van der Waals surface area contributed by atoms with Crippen LogP contribution in [-0.4, -0.2) is 10.1 Å². The topological polar surface area (TPSA) is 64.9 Å². The van der Waals surface area contributed by atoms with Crippen LogP contribution >= 0.6 is 0 Å². The maximum Gasteiger partial charge on any atom is 0.226 e. The Labute approximate surface area is 91.2 Å². The van der Waals surface area contributed by atoms with E-state index in [2.05, 4.69) is 37.8 Å². The lowest BCUT2D eigenvalue weighted by Gasteiger charge is -2.09. The molecular formula is C11H21N3O. The number of aryl methyl sites for hydroxylation is 1. The molecule has 0 bridgehead atoms. The molecule has 0 amide bonds. The lowest BCUT2D eigenvalue weighted by atomic mass is 10.1. The van der Waals surface area contributed by atoms with Crippen molar-refractivity contribution in [2.24, 2.45) is 17.6 Å². The van der Waals surface area contributed by atoms with E-state index in [1.54, 1.807) is 0 Å². The van der Waals surface area contributed by atoms with E-state index in [9.17, 15) is 0 Å². The van der Waals surface area contributed by atoms with Gasteiger partial charge < -0.3 is 10.3 Å². The van der Waals surface area contributed by atoms with Crippen molar-refractivity contribution in [3.8, 4) is 0 Å². The number of rotatable bonds is 5. The van der Waals surface area contributed by atoms with Gasteiger partial charge in [-0.1, -0.05) is 32.9 Å². The molecule has 0 spiro atoms. The van der Waals surface area contributed by atoms with Crippen LogP contribution in [0.2, 0.25) is 0 Å². The van der Waals surface area contributed by atoms with E-state index < -0.39 is 0 Å². The highest BCUT2D eigenvalue weighted by molar-refractivity contribution is 4.94. The highest BCUT2D eigenvalue weighted by Crippen LogP contribution is 2.16. The number of nitrogens with zero attached hydrogens (tertiary/aromatic N) is 2. The van der Waals surface area contributed by atoms with E-state index in [1.165, 1.54) is 0 Å². The lowest BCUT2D eigenvalue weighted by molar-refractivity contribution is 0.355. The molecule has 0 aromatic carbocycles. The van der Waals surface area contributed by atoms with Gasteiger partial charge in [0.05, 0.1) is 6.04 Å². The molecule has 0 saturated carbocycles. The molecule has 0 aliphatic heterocycles. The zero-order valence-electron chi connectivity index (χ0n) is 10.0. The standard InChI is InChI=1S/C11H21N3O/c1-7(2)5-6-9-13-11(14-15-9)10(12)8(3)4/h7-8,10H,5-6,12H2,1-4H3. The quantitative estimate of drug-likeness (QED) is 0.811. The summed E-state index contributed by atoms with van der Waals surface area (Å²) in [7, 11) is 0. The van der Waals surface area contributed by atoms with Crippen molar-refractivity contribution in [2.45, 2.75) is 46.6 Å².